The Balaban J connectivity index is 1.48. The Morgan fingerprint density at radius 3 is 2.72 bits per heavy atom. The lowest BCUT2D eigenvalue weighted by molar-refractivity contribution is -0.121. The molecule has 148 valence electrons. The molecule has 1 atom stereocenters. The Labute approximate surface area is 169 Å². The van der Waals surface area contributed by atoms with Crippen molar-refractivity contribution in [2.75, 3.05) is 0 Å². The lowest BCUT2D eigenvalue weighted by Crippen LogP contribution is -2.28. The molecular formula is C23H24N4O2. The van der Waals surface area contributed by atoms with Crippen molar-refractivity contribution >= 4 is 16.8 Å². The molecule has 0 spiro atoms. The zero-order valence-electron chi connectivity index (χ0n) is 16.8. The molecule has 1 N–H and O–H groups in total. The van der Waals surface area contributed by atoms with E-state index in [9.17, 15) is 4.79 Å². The number of hydrogen-bond acceptors (Lipinski definition) is 4. The summed E-state index contributed by atoms with van der Waals surface area (Å²) in [6, 6.07) is 15.6. The smallest absolute Gasteiger partial charge is 0.249 e. The first-order chi connectivity index (χ1) is 14.1. The number of aryl methyl sites for hydroxylation is 2. The van der Waals surface area contributed by atoms with Gasteiger partial charge in [0.15, 0.2) is 0 Å². The molecule has 0 fully saturated rings. The molecule has 2 aromatic carbocycles. The van der Waals surface area contributed by atoms with Gasteiger partial charge in [0.1, 0.15) is 6.04 Å². The minimum Gasteiger partial charge on any atom is -0.347 e. The summed E-state index contributed by atoms with van der Waals surface area (Å²) in [6.07, 6.45) is 2.36. The first-order valence-electron chi connectivity index (χ1n) is 9.82. The van der Waals surface area contributed by atoms with Crippen molar-refractivity contribution in [1.82, 2.24) is 20.0 Å². The topological polar surface area (TPSA) is 73.0 Å². The number of para-hydroxylation sites is 1. The molecule has 6 nitrogen and oxygen atoms in total. The van der Waals surface area contributed by atoms with E-state index in [0.29, 0.717) is 18.1 Å². The summed E-state index contributed by atoms with van der Waals surface area (Å²) < 4.78 is 7.56. The molecule has 0 aliphatic heterocycles. The van der Waals surface area contributed by atoms with Crippen LogP contribution in [0.4, 0.5) is 0 Å². The van der Waals surface area contributed by atoms with Gasteiger partial charge in [-0.05, 0) is 38.0 Å². The van der Waals surface area contributed by atoms with Gasteiger partial charge in [-0.2, -0.15) is 4.98 Å². The van der Waals surface area contributed by atoms with Crippen LogP contribution in [0.5, 0.6) is 0 Å². The lowest BCUT2D eigenvalue weighted by atomic mass is 10.1. The number of amides is 1. The van der Waals surface area contributed by atoms with Crippen LogP contribution in [0.15, 0.2) is 59.3 Å². The van der Waals surface area contributed by atoms with Crippen molar-refractivity contribution in [3.05, 3.63) is 71.7 Å². The highest BCUT2D eigenvalue weighted by Gasteiger charge is 2.19. The number of hydrogen-bond donors (Lipinski definition) is 1. The number of aromatic nitrogens is 3. The minimum absolute atomic E-state index is 0.0767. The maximum absolute atomic E-state index is 12.7. The Hall–Kier alpha value is -3.41. The molecule has 0 bridgehead atoms. The van der Waals surface area contributed by atoms with E-state index in [1.165, 1.54) is 0 Å². The molecule has 2 heterocycles. The van der Waals surface area contributed by atoms with Crippen LogP contribution < -0.4 is 5.32 Å². The molecule has 0 aliphatic carbocycles. The molecule has 4 aromatic rings. The maximum atomic E-state index is 12.7. The van der Waals surface area contributed by atoms with Crippen molar-refractivity contribution in [3.63, 3.8) is 0 Å². The summed E-state index contributed by atoms with van der Waals surface area (Å²) in [5.41, 5.74) is 4.15. The molecule has 0 aliphatic rings. The summed E-state index contributed by atoms with van der Waals surface area (Å²) >= 11 is 0. The highest BCUT2D eigenvalue weighted by atomic mass is 16.5. The van der Waals surface area contributed by atoms with Gasteiger partial charge in [-0.1, -0.05) is 47.6 Å². The van der Waals surface area contributed by atoms with Crippen LogP contribution in [-0.2, 0) is 17.8 Å². The van der Waals surface area contributed by atoms with Crippen molar-refractivity contribution in [1.29, 1.82) is 0 Å². The average molecular weight is 388 g/mol. The third kappa shape index (κ3) is 3.78. The van der Waals surface area contributed by atoms with E-state index >= 15 is 0 Å². The van der Waals surface area contributed by atoms with Crippen LogP contribution in [0, 0.1) is 6.92 Å². The average Bonchev–Trinajstić information content (AvgIpc) is 3.34. The second kappa shape index (κ2) is 7.91. The third-order valence-electron chi connectivity index (χ3n) is 5.14. The summed E-state index contributed by atoms with van der Waals surface area (Å²) in [7, 11) is 0. The van der Waals surface area contributed by atoms with Gasteiger partial charge in [-0.25, -0.2) is 0 Å². The number of carbonyl (C=O) groups excluding carboxylic acids is 1. The largest absolute Gasteiger partial charge is 0.347 e. The summed E-state index contributed by atoms with van der Waals surface area (Å²) in [5.74, 6) is 0.852. The molecule has 1 amide bonds. The zero-order valence-corrected chi connectivity index (χ0v) is 16.8. The maximum Gasteiger partial charge on any atom is 0.249 e. The molecule has 0 saturated heterocycles. The third-order valence-corrected chi connectivity index (χ3v) is 5.14. The van der Waals surface area contributed by atoms with E-state index in [2.05, 4.69) is 45.3 Å². The van der Waals surface area contributed by atoms with Gasteiger partial charge in [-0.3, -0.25) is 4.79 Å². The van der Waals surface area contributed by atoms with Crippen LogP contribution in [0.3, 0.4) is 0 Å². The predicted octanol–water partition coefficient (Wildman–Crippen LogP) is 4.44. The predicted molar refractivity (Wildman–Crippen MR) is 112 cm³/mol. The first-order valence-corrected chi connectivity index (χ1v) is 9.82. The fraction of sp³-hybridized carbons (Fsp3) is 0.261. The zero-order chi connectivity index (χ0) is 20.4. The van der Waals surface area contributed by atoms with E-state index in [0.717, 1.165) is 34.1 Å². The summed E-state index contributed by atoms with van der Waals surface area (Å²) in [5, 5.41) is 8.15. The number of nitrogens with zero attached hydrogens (tertiary/aromatic N) is 3. The first kappa shape index (κ1) is 18.9. The summed E-state index contributed by atoms with van der Waals surface area (Å²) in [6.45, 7) is 6.81. The monoisotopic (exact) mass is 388 g/mol. The van der Waals surface area contributed by atoms with Crippen molar-refractivity contribution in [3.8, 4) is 11.4 Å². The number of benzene rings is 2. The van der Waals surface area contributed by atoms with Crippen LogP contribution in [0.2, 0.25) is 0 Å². The van der Waals surface area contributed by atoms with Crippen LogP contribution >= 0.6 is 0 Å². The second-order valence-electron chi connectivity index (χ2n) is 7.19. The Morgan fingerprint density at radius 1 is 1.17 bits per heavy atom. The Kier molecular flexibility index (Phi) is 5.16. The standard InChI is InChI=1S/C23H24N4O2/c1-4-27-14-17(19-11-7-8-12-20(19)27)13-21(28)24-16(3)23-25-22(26-29-23)18-10-6-5-9-15(18)2/h5-12,14,16H,4,13H2,1-3H3,(H,24,28)/t16-/m0/s1. The van der Waals surface area contributed by atoms with Crippen LogP contribution in [0.25, 0.3) is 22.3 Å². The van der Waals surface area contributed by atoms with Crippen molar-refractivity contribution < 1.29 is 9.32 Å². The number of nitrogens with one attached hydrogen (secondary N) is 1. The van der Waals surface area contributed by atoms with Crippen LogP contribution in [-0.4, -0.2) is 20.6 Å². The van der Waals surface area contributed by atoms with E-state index in [-0.39, 0.29) is 11.9 Å². The van der Waals surface area contributed by atoms with Crippen molar-refractivity contribution in [2.24, 2.45) is 0 Å². The fourth-order valence-electron chi connectivity index (χ4n) is 3.60. The molecule has 4 rings (SSSR count). The number of rotatable bonds is 6. The minimum atomic E-state index is -0.368. The molecule has 0 radical (unpaired) electrons. The van der Waals surface area contributed by atoms with E-state index < -0.39 is 0 Å². The summed E-state index contributed by atoms with van der Waals surface area (Å²) in [4.78, 5) is 17.1. The molecule has 0 unspecified atom stereocenters. The van der Waals surface area contributed by atoms with Gasteiger partial charge in [0.25, 0.3) is 0 Å². The van der Waals surface area contributed by atoms with Gasteiger partial charge in [0.2, 0.25) is 17.6 Å². The normalized spacial score (nSPS) is 12.2. The quantitative estimate of drug-likeness (QED) is 0.530. The number of carbonyl (C=O) groups is 1. The number of fused-ring (bicyclic) bond motifs is 1. The van der Waals surface area contributed by atoms with Gasteiger partial charge < -0.3 is 14.4 Å². The van der Waals surface area contributed by atoms with Gasteiger partial charge in [-0.15, -0.1) is 0 Å². The molecule has 0 saturated carbocycles. The van der Waals surface area contributed by atoms with E-state index in [4.69, 9.17) is 4.52 Å². The Morgan fingerprint density at radius 2 is 1.93 bits per heavy atom. The lowest BCUT2D eigenvalue weighted by Gasteiger charge is -2.09. The van der Waals surface area contributed by atoms with Gasteiger partial charge in [0, 0.05) is 29.2 Å². The van der Waals surface area contributed by atoms with E-state index in [1.807, 2.05) is 50.2 Å². The van der Waals surface area contributed by atoms with Crippen molar-refractivity contribution in [2.45, 2.75) is 39.8 Å². The second-order valence-corrected chi connectivity index (χ2v) is 7.19. The SMILES string of the molecule is CCn1cc(CC(=O)N[C@@H](C)c2nc(-c3ccccc3C)no2)c2ccccc21. The molecule has 6 heteroatoms. The molecule has 2 aromatic heterocycles. The molecular weight excluding hydrogens is 364 g/mol. The molecule has 29 heavy (non-hydrogen) atoms. The highest BCUT2D eigenvalue weighted by Crippen LogP contribution is 2.23. The Bertz CT molecular complexity index is 1160. The van der Waals surface area contributed by atoms with Crippen LogP contribution in [0.1, 0.15) is 36.9 Å². The van der Waals surface area contributed by atoms with E-state index in [1.54, 1.807) is 0 Å². The van der Waals surface area contributed by atoms with Gasteiger partial charge in [0.05, 0.1) is 6.42 Å². The fourth-order valence-corrected chi connectivity index (χ4v) is 3.60. The highest BCUT2D eigenvalue weighted by molar-refractivity contribution is 5.89. The van der Waals surface area contributed by atoms with Gasteiger partial charge >= 0.3 is 0 Å².